The van der Waals surface area contributed by atoms with Crippen molar-refractivity contribution in [1.29, 1.82) is 0 Å². The van der Waals surface area contributed by atoms with Gasteiger partial charge in [0.15, 0.2) is 5.65 Å². The van der Waals surface area contributed by atoms with Crippen molar-refractivity contribution in [2.45, 2.75) is 4.90 Å². The fourth-order valence-corrected chi connectivity index (χ4v) is 6.03. The number of benzene rings is 1. The van der Waals surface area contributed by atoms with Crippen molar-refractivity contribution in [1.82, 2.24) is 33.8 Å². The summed E-state index contributed by atoms with van der Waals surface area (Å²) < 4.78 is 29.6. The lowest BCUT2D eigenvalue weighted by molar-refractivity contribution is 0.0699. The average Bonchev–Trinajstić information content (AvgIpc) is 3.54. The Balaban J connectivity index is 1.23. The molecule has 1 aliphatic heterocycles. The van der Waals surface area contributed by atoms with E-state index in [4.69, 9.17) is 0 Å². The minimum atomic E-state index is -3.72. The zero-order valence-corrected chi connectivity index (χ0v) is 19.4. The molecule has 0 unspecified atom stereocenters. The molecule has 6 rings (SSSR count). The fraction of sp³-hybridized carbons (Fsp3) is 0.167. The van der Waals surface area contributed by atoms with Crippen molar-refractivity contribution in [3.05, 3.63) is 78.9 Å². The second-order valence-electron chi connectivity index (χ2n) is 8.24. The van der Waals surface area contributed by atoms with E-state index in [0.717, 1.165) is 11.3 Å². The van der Waals surface area contributed by atoms with Gasteiger partial charge in [0.25, 0.3) is 5.91 Å². The summed E-state index contributed by atoms with van der Waals surface area (Å²) in [5.41, 5.74) is 3.18. The first-order valence-corrected chi connectivity index (χ1v) is 12.6. The highest BCUT2D eigenvalue weighted by molar-refractivity contribution is 7.89. The van der Waals surface area contributed by atoms with Gasteiger partial charge in [-0.15, -0.1) is 0 Å². The molecule has 1 amide bonds. The molecule has 5 heterocycles. The number of sulfonamides is 1. The zero-order valence-electron chi connectivity index (χ0n) is 18.6. The number of pyridine rings is 1. The van der Waals surface area contributed by atoms with Gasteiger partial charge in [0, 0.05) is 55.7 Å². The van der Waals surface area contributed by atoms with E-state index in [9.17, 15) is 13.2 Å². The summed E-state index contributed by atoms with van der Waals surface area (Å²) in [5, 5.41) is 4.97. The smallest absolute Gasteiger partial charge is 0.259 e. The third kappa shape index (κ3) is 3.56. The summed E-state index contributed by atoms with van der Waals surface area (Å²) in [6.45, 7) is 0.939. The Kier molecular flexibility index (Phi) is 5.08. The summed E-state index contributed by atoms with van der Waals surface area (Å²) in [6.07, 6.45) is 6.27. The Morgan fingerprint density at radius 3 is 2.51 bits per heavy atom. The van der Waals surface area contributed by atoms with Crippen LogP contribution in [0.25, 0.3) is 27.9 Å². The number of fused-ring (bicyclic) bond motifs is 2. The van der Waals surface area contributed by atoms with Gasteiger partial charge in [0.2, 0.25) is 10.0 Å². The lowest BCUT2D eigenvalue weighted by atomic mass is 10.1. The molecule has 10 nitrogen and oxygen atoms in total. The molecule has 176 valence electrons. The largest absolute Gasteiger partial charge is 0.345 e. The van der Waals surface area contributed by atoms with E-state index < -0.39 is 10.0 Å². The Morgan fingerprint density at radius 2 is 1.71 bits per heavy atom. The quantitative estimate of drug-likeness (QED) is 0.416. The van der Waals surface area contributed by atoms with E-state index in [0.29, 0.717) is 22.2 Å². The zero-order chi connectivity index (χ0) is 24.0. The van der Waals surface area contributed by atoms with E-state index >= 15 is 0 Å². The van der Waals surface area contributed by atoms with Gasteiger partial charge in [0.05, 0.1) is 11.9 Å². The molecule has 35 heavy (non-hydrogen) atoms. The van der Waals surface area contributed by atoms with E-state index in [1.165, 1.54) is 16.7 Å². The molecule has 0 atom stereocenters. The SMILES string of the molecule is O=C(c1cnn2c(-c3ccccc3)ccnc12)N1CCN(S(=O)(=O)c2c[nH]c3ncccc23)CC1. The second kappa shape index (κ2) is 8.29. The maximum atomic E-state index is 13.3. The summed E-state index contributed by atoms with van der Waals surface area (Å²) >= 11 is 0. The van der Waals surface area contributed by atoms with Crippen LogP contribution in [-0.2, 0) is 10.0 Å². The van der Waals surface area contributed by atoms with Crippen molar-refractivity contribution in [3.8, 4) is 11.3 Å². The van der Waals surface area contributed by atoms with Crippen molar-refractivity contribution < 1.29 is 13.2 Å². The van der Waals surface area contributed by atoms with Crippen LogP contribution < -0.4 is 0 Å². The highest BCUT2D eigenvalue weighted by Crippen LogP contribution is 2.26. The molecule has 0 aliphatic carbocycles. The number of amides is 1. The molecule has 0 saturated carbocycles. The van der Waals surface area contributed by atoms with E-state index in [-0.39, 0.29) is 37.0 Å². The van der Waals surface area contributed by atoms with Crippen molar-refractivity contribution >= 4 is 32.6 Å². The van der Waals surface area contributed by atoms with Crippen LogP contribution in [0.4, 0.5) is 0 Å². The molecular weight excluding hydrogens is 466 g/mol. The van der Waals surface area contributed by atoms with Crippen LogP contribution in [0, 0.1) is 0 Å². The van der Waals surface area contributed by atoms with Crippen LogP contribution in [0.1, 0.15) is 10.4 Å². The van der Waals surface area contributed by atoms with Crippen LogP contribution >= 0.6 is 0 Å². The molecule has 11 heteroatoms. The number of rotatable bonds is 4. The molecule has 1 saturated heterocycles. The molecule has 1 aromatic carbocycles. The Morgan fingerprint density at radius 1 is 0.914 bits per heavy atom. The summed E-state index contributed by atoms with van der Waals surface area (Å²) in [5.74, 6) is -0.217. The number of aromatic amines is 1. The molecular formula is C24H21N7O3S. The van der Waals surface area contributed by atoms with Crippen molar-refractivity contribution in [3.63, 3.8) is 0 Å². The standard InChI is InChI=1S/C24H21N7O3S/c32-24(19-15-28-31-20(8-10-26-23(19)31)17-5-2-1-3-6-17)29-11-13-30(14-12-29)35(33,34)21-16-27-22-18(21)7-4-9-25-22/h1-10,15-16H,11-14H2,(H,25,27). The number of nitrogens with zero attached hydrogens (tertiary/aromatic N) is 6. The van der Waals surface area contributed by atoms with Gasteiger partial charge in [-0.2, -0.15) is 9.40 Å². The number of carbonyl (C=O) groups excluding carboxylic acids is 1. The van der Waals surface area contributed by atoms with Crippen molar-refractivity contribution in [2.24, 2.45) is 0 Å². The van der Waals surface area contributed by atoms with Gasteiger partial charge in [0.1, 0.15) is 16.1 Å². The number of nitrogens with one attached hydrogen (secondary N) is 1. The number of H-pyrrole nitrogens is 1. The van der Waals surface area contributed by atoms with Gasteiger partial charge in [-0.3, -0.25) is 4.79 Å². The second-order valence-corrected chi connectivity index (χ2v) is 10.1. The number of hydrogen-bond acceptors (Lipinski definition) is 6. The monoisotopic (exact) mass is 487 g/mol. The van der Waals surface area contributed by atoms with Crippen LogP contribution in [0.2, 0.25) is 0 Å². The van der Waals surface area contributed by atoms with Gasteiger partial charge >= 0.3 is 0 Å². The minimum absolute atomic E-state index is 0.195. The molecule has 4 aromatic heterocycles. The Labute approximate surface area is 200 Å². The van der Waals surface area contributed by atoms with Crippen LogP contribution in [-0.4, -0.2) is 74.3 Å². The first-order chi connectivity index (χ1) is 17.0. The third-order valence-corrected chi connectivity index (χ3v) is 8.20. The van der Waals surface area contributed by atoms with Gasteiger partial charge in [-0.05, 0) is 18.2 Å². The molecule has 0 radical (unpaired) electrons. The van der Waals surface area contributed by atoms with E-state index in [2.05, 4.69) is 20.1 Å². The molecule has 0 bridgehead atoms. The van der Waals surface area contributed by atoms with E-state index in [1.807, 2.05) is 36.4 Å². The predicted molar refractivity (Wildman–Crippen MR) is 129 cm³/mol. The molecule has 1 aliphatic rings. The minimum Gasteiger partial charge on any atom is -0.345 e. The summed E-state index contributed by atoms with van der Waals surface area (Å²) in [4.78, 5) is 26.7. The molecule has 0 spiro atoms. The first kappa shape index (κ1) is 21.4. The molecule has 5 aromatic rings. The normalized spacial score (nSPS) is 15.1. The molecule has 1 fully saturated rings. The number of carbonyl (C=O) groups is 1. The highest BCUT2D eigenvalue weighted by atomic mass is 32.2. The van der Waals surface area contributed by atoms with Gasteiger partial charge < -0.3 is 9.88 Å². The maximum Gasteiger partial charge on any atom is 0.259 e. The van der Waals surface area contributed by atoms with Gasteiger partial charge in [-0.1, -0.05) is 30.3 Å². The number of hydrogen-bond donors (Lipinski definition) is 1. The van der Waals surface area contributed by atoms with E-state index in [1.54, 1.807) is 33.9 Å². The highest BCUT2D eigenvalue weighted by Gasteiger charge is 2.33. The fourth-order valence-electron chi connectivity index (χ4n) is 4.46. The molecule has 1 N–H and O–H groups in total. The summed E-state index contributed by atoms with van der Waals surface area (Å²) in [6, 6.07) is 15.1. The first-order valence-electron chi connectivity index (χ1n) is 11.1. The average molecular weight is 488 g/mol. The topological polar surface area (TPSA) is 117 Å². The van der Waals surface area contributed by atoms with Crippen LogP contribution in [0.5, 0.6) is 0 Å². The third-order valence-electron chi connectivity index (χ3n) is 6.26. The summed E-state index contributed by atoms with van der Waals surface area (Å²) in [7, 11) is -3.72. The van der Waals surface area contributed by atoms with Crippen LogP contribution in [0.15, 0.2) is 78.2 Å². The lowest BCUT2D eigenvalue weighted by Crippen LogP contribution is -2.50. The van der Waals surface area contributed by atoms with Crippen LogP contribution in [0.3, 0.4) is 0 Å². The van der Waals surface area contributed by atoms with Crippen molar-refractivity contribution in [2.75, 3.05) is 26.2 Å². The Bertz CT molecular complexity index is 1650. The number of aromatic nitrogens is 5. The Hall–Kier alpha value is -4.09. The number of piperazine rings is 1. The maximum absolute atomic E-state index is 13.3. The predicted octanol–water partition coefficient (Wildman–Crippen LogP) is 2.42. The van der Waals surface area contributed by atoms with Gasteiger partial charge in [-0.25, -0.2) is 22.9 Å². The lowest BCUT2D eigenvalue weighted by Gasteiger charge is -2.33.